The second-order valence-corrected chi connectivity index (χ2v) is 5.17. The van der Waals surface area contributed by atoms with E-state index < -0.39 is 0 Å². The number of halogens is 1. The first-order valence-electron chi connectivity index (χ1n) is 6.63. The molecule has 0 fully saturated rings. The van der Waals surface area contributed by atoms with Gasteiger partial charge in [0.2, 0.25) is 0 Å². The predicted molar refractivity (Wildman–Crippen MR) is 80.0 cm³/mol. The normalized spacial score (nSPS) is 10.9. The van der Waals surface area contributed by atoms with Crippen molar-refractivity contribution in [3.8, 4) is 5.69 Å². The summed E-state index contributed by atoms with van der Waals surface area (Å²) in [4.78, 5) is 4.36. The molecule has 0 spiro atoms. The van der Waals surface area contributed by atoms with Gasteiger partial charge < -0.3 is 9.88 Å². The number of rotatable bonds is 5. The fraction of sp³-hybridized carbons (Fsp3) is 0.400. The molecule has 0 aliphatic carbocycles. The summed E-state index contributed by atoms with van der Waals surface area (Å²) in [7, 11) is 0. The Labute approximate surface area is 119 Å². The van der Waals surface area contributed by atoms with Crippen molar-refractivity contribution in [2.24, 2.45) is 0 Å². The average molecular weight is 278 g/mol. The lowest BCUT2D eigenvalue weighted by Gasteiger charge is -2.13. The molecule has 2 rings (SSSR count). The Morgan fingerprint density at radius 1 is 1.32 bits per heavy atom. The highest BCUT2D eigenvalue weighted by atomic mass is 35.5. The van der Waals surface area contributed by atoms with Crippen LogP contribution in [0.25, 0.3) is 5.69 Å². The summed E-state index contributed by atoms with van der Waals surface area (Å²) >= 11 is 6.13. The fourth-order valence-corrected chi connectivity index (χ4v) is 2.22. The van der Waals surface area contributed by atoms with Crippen molar-refractivity contribution in [1.29, 1.82) is 0 Å². The molecule has 19 heavy (non-hydrogen) atoms. The molecule has 0 amide bonds. The first-order chi connectivity index (χ1) is 9.13. The first kappa shape index (κ1) is 14.1. The quantitative estimate of drug-likeness (QED) is 0.846. The lowest BCUT2D eigenvalue weighted by molar-refractivity contribution is 0.672. The van der Waals surface area contributed by atoms with Gasteiger partial charge in [-0.05, 0) is 44.5 Å². The predicted octanol–water partition coefficient (Wildman–Crippen LogP) is 3.64. The Morgan fingerprint density at radius 3 is 2.74 bits per heavy atom. The van der Waals surface area contributed by atoms with Crippen LogP contribution in [-0.4, -0.2) is 16.1 Å². The van der Waals surface area contributed by atoms with Gasteiger partial charge in [0.25, 0.3) is 0 Å². The molecule has 0 aliphatic rings. The van der Waals surface area contributed by atoms with Gasteiger partial charge in [0.05, 0.1) is 17.7 Å². The summed E-state index contributed by atoms with van der Waals surface area (Å²) in [5.41, 5.74) is 4.54. The van der Waals surface area contributed by atoms with Crippen molar-refractivity contribution in [3.05, 3.63) is 46.5 Å². The number of hydrogen-bond acceptors (Lipinski definition) is 2. The van der Waals surface area contributed by atoms with Crippen LogP contribution in [-0.2, 0) is 6.54 Å². The molecular formula is C15H20ClN3. The van der Waals surface area contributed by atoms with Gasteiger partial charge in [-0.3, -0.25) is 0 Å². The molecule has 0 saturated carbocycles. The lowest BCUT2D eigenvalue weighted by Crippen LogP contribution is -2.15. The van der Waals surface area contributed by atoms with Crippen LogP contribution in [0.4, 0.5) is 0 Å². The van der Waals surface area contributed by atoms with E-state index in [9.17, 15) is 0 Å². The van der Waals surface area contributed by atoms with E-state index in [1.807, 2.05) is 25.4 Å². The number of nitrogens with one attached hydrogen (secondary N) is 1. The Hall–Kier alpha value is -1.32. The van der Waals surface area contributed by atoms with Crippen LogP contribution in [0.1, 0.15) is 30.3 Å². The summed E-state index contributed by atoms with van der Waals surface area (Å²) < 4.78 is 2.10. The monoisotopic (exact) mass is 277 g/mol. The van der Waals surface area contributed by atoms with Gasteiger partial charge in [-0.15, -0.1) is 0 Å². The zero-order chi connectivity index (χ0) is 13.8. The van der Waals surface area contributed by atoms with Gasteiger partial charge in [-0.25, -0.2) is 4.98 Å². The van der Waals surface area contributed by atoms with E-state index in [1.54, 1.807) is 0 Å². The molecule has 3 nitrogen and oxygen atoms in total. The fourth-order valence-electron chi connectivity index (χ4n) is 2.05. The van der Waals surface area contributed by atoms with E-state index in [1.165, 1.54) is 5.56 Å². The summed E-state index contributed by atoms with van der Waals surface area (Å²) in [6.45, 7) is 8.12. The molecule has 0 bridgehead atoms. The maximum atomic E-state index is 6.13. The van der Waals surface area contributed by atoms with Crippen molar-refractivity contribution >= 4 is 11.6 Å². The molecule has 4 heteroatoms. The molecule has 1 N–H and O–H groups in total. The summed E-state index contributed by atoms with van der Waals surface area (Å²) in [6, 6.07) is 6.01. The zero-order valence-electron chi connectivity index (χ0n) is 11.7. The number of aromatic nitrogens is 2. The number of nitrogens with zero attached hydrogens (tertiary/aromatic N) is 2. The lowest BCUT2D eigenvalue weighted by atomic mass is 10.1. The van der Waals surface area contributed by atoms with Crippen LogP contribution in [0, 0.1) is 13.8 Å². The van der Waals surface area contributed by atoms with Crippen molar-refractivity contribution in [3.63, 3.8) is 0 Å². The number of aryl methyl sites for hydroxylation is 1. The third-order valence-electron chi connectivity index (χ3n) is 3.30. The Morgan fingerprint density at radius 2 is 2.11 bits per heavy atom. The molecule has 1 aromatic carbocycles. The third kappa shape index (κ3) is 3.17. The largest absolute Gasteiger partial charge is 0.313 e. The van der Waals surface area contributed by atoms with Crippen LogP contribution in [0.5, 0.6) is 0 Å². The number of imidazole rings is 1. The molecular weight excluding hydrogens is 258 g/mol. The van der Waals surface area contributed by atoms with E-state index in [4.69, 9.17) is 11.6 Å². The summed E-state index contributed by atoms with van der Waals surface area (Å²) in [6.07, 6.45) is 2.99. The van der Waals surface area contributed by atoms with Gasteiger partial charge in [0.1, 0.15) is 0 Å². The second-order valence-electron chi connectivity index (χ2n) is 4.74. The third-order valence-corrected chi connectivity index (χ3v) is 3.54. The molecule has 0 atom stereocenters. The van der Waals surface area contributed by atoms with E-state index in [0.29, 0.717) is 0 Å². The van der Waals surface area contributed by atoms with Crippen molar-refractivity contribution < 1.29 is 0 Å². The Balaban J connectivity index is 2.37. The smallest absolute Gasteiger partial charge is 0.0997 e. The molecule has 0 unspecified atom stereocenters. The number of benzene rings is 1. The second kappa shape index (κ2) is 6.22. The van der Waals surface area contributed by atoms with Crippen LogP contribution in [0.3, 0.4) is 0 Å². The standard InChI is InChI=1S/C15H20ClN3/c1-4-7-17-9-13-5-6-14(16)8-15(13)19-10-18-11(2)12(19)3/h5-6,8,10,17H,4,7,9H2,1-3H3. The SMILES string of the molecule is CCCNCc1ccc(Cl)cc1-n1cnc(C)c1C. The highest BCUT2D eigenvalue weighted by molar-refractivity contribution is 6.30. The maximum absolute atomic E-state index is 6.13. The maximum Gasteiger partial charge on any atom is 0.0997 e. The van der Waals surface area contributed by atoms with Gasteiger partial charge >= 0.3 is 0 Å². The topological polar surface area (TPSA) is 29.9 Å². The number of hydrogen-bond donors (Lipinski definition) is 1. The zero-order valence-corrected chi connectivity index (χ0v) is 12.5. The molecule has 0 aliphatic heterocycles. The van der Waals surface area contributed by atoms with Gasteiger partial charge in [0.15, 0.2) is 0 Å². The minimum Gasteiger partial charge on any atom is -0.313 e. The Bertz CT molecular complexity index is 561. The van der Waals surface area contributed by atoms with Crippen LogP contribution < -0.4 is 5.32 Å². The minimum absolute atomic E-state index is 0.750. The first-order valence-corrected chi connectivity index (χ1v) is 7.01. The van der Waals surface area contributed by atoms with E-state index in [0.717, 1.165) is 41.6 Å². The Kier molecular flexibility index (Phi) is 4.61. The van der Waals surface area contributed by atoms with Crippen molar-refractivity contribution in [2.75, 3.05) is 6.54 Å². The highest BCUT2D eigenvalue weighted by Crippen LogP contribution is 2.22. The highest BCUT2D eigenvalue weighted by Gasteiger charge is 2.09. The van der Waals surface area contributed by atoms with Crippen molar-refractivity contribution in [2.45, 2.75) is 33.7 Å². The van der Waals surface area contributed by atoms with E-state index in [-0.39, 0.29) is 0 Å². The minimum atomic E-state index is 0.750. The summed E-state index contributed by atoms with van der Waals surface area (Å²) in [5.74, 6) is 0. The molecule has 2 aromatic rings. The van der Waals surface area contributed by atoms with Gasteiger partial charge in [-0.2, -0.15) is 0 Å². The molecule has 1 heterocycles. The van der Waals surface area contributed by atoms with Crippen LogP contribution in [0.2, 0.25) is 5.02 Å². The molecule has 0 saturated heterocycles. The van der Waals surface area contributed by atoms with Gasteiger partial charge in [-0.1, -0.05) is 24.6 Å². The van der Waals surface area contributed by atoms with E-state index in [2.05, 4.69) is 34.8 Å². The van der Waals surface area contributed by atoms with Gasteiger partial charge in [0, 0.05) is 17.3 Å². The van der Waals surface area contributed by atoms with E-state index >= 15 is 0 Å². The van der Waals surface area contributed by atoms with Crippen molar-refractivity contribution in [1.82, 2.24) is 14.9 Å². The molecule has 102 valence electrons. The van der Waals surface area contributed by atoms with Crippen LogP contribution >= 0.6 is 11.6 Å². The molecule has 1 aromatic heterocycles. The average Bonchev–Trinajstić information content (AvgIpc) is 2.72. The molecule has 0 radical (unpaired) electrons. The summed E-state index contributed by atoms with van der Waals surface area (Å²) in [5, 5.41) is 4.18. The van der Waals surface area contributed by atoms with Crippen LogP contribution in [0.15, 0.2) is 24.5 Å².